The average Bonchev–Trinajstić information content (AvgIpc) is 3.30. The third-order valence-electron chi connectivity index (χ3n) is 4.14. The Labute approximate surface area is 129 Å². The van der Waals surface area contributed by atoms with Crippen LogP contribution in [0.15, 0.2) is 48.8 Å². The van der Waals surface area contributed by atoms with Crippen LogP contribution in [-0.4, -0.2) is 23.0 Å². The third kappa shape index (κ3) is 2.64. The van der Waals surface area contributed by atoms with Crippen LogP contribution in [0.25, 0.3) is 16.9 Å². The quantitative estimate of drug-likeness (QED) is 0.777. The smallest absolute Gasteiger partial charge is 0.139 e. The largest absolute Gasteiger partial charge is 0.497 e. The Bertz CT molecular complexity index is 788. The Kier molecular flexibility index (Phi) is 3.22. The molecule has 1 saturated carbocycles. The molecule has 0 unspecified atom stereocenters. The van der Waals surface area contributed by atoms with Gasteiger partial charge < -0.3 is 14.5 Å². The van der Waals surface area contributed by atoms with E-state index >= 15 is 0 Å². The van der Waals surface area contributed by atoms with E-state index in [-0.39, 0.29) is 0 Å². The average molecular weight is 293 g/mol. The van der Waals surface area contributed by atoms with Gasteiger partial charge in [-0.3, -0.25) is 0 Å². The molecule has 1 aliphatic rings. The van der Waals surface area contributed by atoms with Gasteiger partial charge in [0.1, 0.15) is 11.4 Å². The highest BCUT2D eigenvalue weighted by atomic mass is 16.5. The summed E-state index contributed by atoms with van der Waals surface area (Å²) in [4.78, 5) is 4.72. The van der Waals surface area contributed by atoms with Crippen molar-refractivity contribution in [2.75, 3.05) is 19.0 Å². The molecule has 0 bridgehead atoms. The molecule has 1 aromatic carbocycles. The lowest BCUT2D eigenvalue weighted by Crippen LogP contribution is -2.03. The van der Waals surface area contributed by atoms with E-state index in [2.05, 4.69) is 34.2 Å². The number of nitrogens with zero attached hydrogens (tertiary/aromatic N) is 2. The van der Waals surface area contributed by atoms with Crippen LogP contribution in [0.2, 0.25) is 0 Å². The van der Waals surface area contributed by atoms with Gasteiger partial charge in [0.25, 0.3) is 0 Å². The number of pyridine rings is 1. The number of methoxy groups -OCH3 is 1. The molecule has 0 atom stereocenters. The third-order valence-corrected chi connectivity index (χ3v) is 4.14. The van der Waals surface area contributed by atoms with Gasteiger partial charge in [0, 0.05) is 36.3 Å². The fourth-order valence-corrected chi connectivity index (χ4v) is 2.58. The molecular formula is C18H19N3O. The Morgan fingerprint density at radius 2 is 2.05 bits per heavy atom. The van der Waals surface area contributed by atoms with Crippen LogP contribution in [0.3, 0.4) is 0 Å². The minimum atomic E-state index is 0.860. The van der Waals surface area contributed by atoms with Crippen molar-refractivity contribution in [3.05, 3.63) is 48.8 Å². The fourth-order valence-electron chi connectivity index (χ4n) is 2.58. The summed E-state index contributed by atoms with van der Waals surface area (Å²) in [5, 5.41) is 3.49. The number of rotatable bonds is 5. The summed E-state index contributed by atoms with van der Waals surface area (Å²) in [6.45, 7) is 1.07. The monoisotopic (exact) mass is 293 g/mol. The highest BCUT2D eigenvalue weighted by Crippen LogP contribution is 2.29. The normalized spacial score (nSPS) is 14.2. The molecule has 0 saturated heterocycles. The zero-order valence-electron chi connectivity index (χ0n) is 12.6. The SMILES string of the molecule is COc1ccc(-c2cn3ccc(NCC4CC4)cc3n2)cc1. The van der Waals surface area contributed by atoms with Crippen LogP contribution in [0, 0.1) is 5.92 Å². The van der Waals surface area contributed by atoms with Gasteiger partial charge in [0.2, 0.25) is 0 Å². The van der Waals surface area contributed by atoms with E-state index in [0.29, 0.717) is 0 Å². The lowest BCUT2D eigenvalue weighted by Gasteiger charge is -2.04. The number of fused-ring (bicyclic) bond motifs is 1. The first-order chi connectivity index (χ1) is 10.8. The zero-order valence-corrected chi connectivity index (χ0v) is 12.6. The van der Waals surface area contributed by atoms with E-state index in [1.54, 1.807) is 7.11 Å². The number of benzene rings is 1. The second-order valence-corrected chi connectivity index (χ2v) is 5.86. The van der Waals surface area contributed by atoms with Gasteiger partial charge in [-0.15, -0.1) is 0 Å². The Balaban J connectivity index is 1.60. The molecule has 3 aromatic rings. The van der Waals surface area contributed by atoms with Crippen molar-refractivity contribution >= 4 is 11.3 Å². The van der Waals surface area contributed by atoms with E-state index in [9.17, 15) is 0 Å². The van der Waals surface area contributed by atoms with Crippen LogP contribution in [-0.2, 0) is 0 Å². The lowest BCUT2D eigenvalue weighted by molar-refractivity contribution is 0.415. The number of anilines is 1. The van der Waals surface area contributed by atoms with Gasteiger partial charge in [0.05, 0.1) is 12.8 Å². The Morgan fingerprint density at radius 3 is 2.77 bits per heavy atom. The van der Waals surface area contributed by atoms with Gasteiger partial charge in [-0.1, -0.05) is 0 Å². The molecule has 0 amide bonds. The number of aromatic nitrogens is 2. The molecule has 112 valence electrons. The van der Waals surface area contributed by atoms with Crippen molar-refractivity contribution in [3.8, 4) is 17.0 Å². The number of hydrogen-bond acceptors (Lipinski definition) is 3. The summed E-state index contributed by atoms with van der Waals surface area (Å²) in [5.41, 5.74) is 4.18. The summed E-state index contributed by atoms with van der Waals surface area (Å²) in [6.07, 6.45) is 6.84. The van der Waals surface area contributed by atoms with Crippen molar-refractivity contribution in [2.24, 2.45) is 5.92 Å². The van der Waals surface area contributed by atoms with E-state index in [4.69, 9.17) is 9.72 Å². The van der Waals surface area contributed by atoms with Gasteiger partial charge in [-0.05, 0) is 49.1 Å². The van der Waals surface area contributed by atoms with Crippen LogP contribution in [0.4, 0.5) is 5.69 Å². The van der Waals surface area contributed by atoms with Gasteiger partial charge >= 0.3 is 0 Å². The highest BCUT2D eigenvalue weighted by molar-refractivity contribution is 5.65. The Morgan fingerprint density at radius 1 is 1.23 bits per heavy atom. The van der Waals surface area contributed by atoms with Crippen LogP contribution >= 0.6 is 0 Å². The Hall–Kier alpha value is -2.49. The molecule has 4 nitrogen and oxygen atoms in total. The molecule has 1 N–H and O–H groups in total. The summed E-state index contributed by atoms with van der Waals surface area (Å²) < 4.78 is 7.25. The molecular weight excluding hydrogens is 274 g/mol. The van der Waals surface area contributed by atoms with Gasteiger partial charge in [-0.2, -0.15) is 0 Å². The van der Waals surface area contributed by atoms with Crippen molar-refractivity contribution < 1.29 is 4.74 Å². The number of ether oxygens (including phenoxy) is 1. The molecule has 1 fully saturated rings. The molecule has 0 radical (unpaired) electrons. The highest BCUT2D eigenvalue weighted by Gasteiger charge is 2.20. The van der Waals surface area contributed by atoms with Crippen LogP contribution in [0.1, 0.15) is 12.8 Å². The number of nitrogens with one attached hydrogen (secondary N) is 1. The van der Waals surface area contributed by atoms with Crippen molar-refractivity contribution in [3.63, 3.8) is 0 Å². The predicted molar refractivity (Wildman–Crippen MR) is 88.4 cm³/mol. The second kappa shape index (κ2) is 5.37. The van der Waals surface area contributed by atoms with E-state index in [0.717, 1.165) is 40.8 Å². The number of imidazole rings is 1. The van der Waals surface area contributed by atoms with E-state index in [1.165, 1.54) is 12.8 Å². The molecule has 1 aliphatic carbocycles. The molecule has 4 heteroatoms. The van der Waals surface area contributed by atoms with Crippen molar-refractivity contribution in [2.45, 2.75) is 12.8 Å². The lowest BCUT2D eigenvalue weighted by atomic mass is 10.2. The van der Waals surface area contributed by atoms with Crippen molar-refractivity contribution in [1.82, 2.24) is 9.38 Å². The molecule has 22 heavy (non-hydrogen) atoms. The minimum absolute atomic E-state index is 0.860. The van der Waals surface area contributed by atoms with E-state index < -0.39 is 0 Å². The number of hydrogen-bond donors (Lipinski definition) is 1. The fraction of sp³-hybridized carbons (Fsp3) is 0.278. The summed E-state index contributed by atoms with van der Waals surface area (Å²) in [5.74, 6) is 1.73. The van der Waals surface area contributed by atoms with Gasteiger partial charge in [-0.25, -0.2) is 4.98 Å². The maximum atomic E-state index is 5.20. The molecule has 0 aliphatic heterocycles. The first-order valence-electron chi connectivity index (χ1n) is 7.69. The summed E-state index contributed by atoms with van der Waals surface area (Å²) in [7, 11) is 1.68. The standard InChI is InChI=1S/C18H19N3O/c1-22-16-6-4-14(5-7-16)17-12-21-9-8-15(10-18(21)20-17)19-11-13-2-3-13/h4-10,12-13,19H,2-3,11H2,1H3. The molecule has 0 spiro atoms. The van der Waals surface area contributed by atoms with Crippen LogP contribution < -0.4 is 10.1 Å². The minimum Gasteiger partial charge on any atom is -0.497 e. The first kappa shape index (κ1) is 13.2. The maximum Gasteiger partial charge on any atom is 0.139 e. The van der Waals surface area contributed by atoms with E-state index in [1.807, 2.05) is 24.3 Å². The first-order valence-corrected chi connectivity index (χ1v) is 7.69. The van der Waals surface area contributed by atoms with Crippen LogP contribution in [0.5, 0.6) is 5.75 Å². The van der Waals surface area contributed by atoms with Gasteiger partial charge in [0.15, 0.2) is 0 Å². The summed E-state index contributed by atoms with van der Waals surface area (Å²) in [6, 6.07) is 12.2. The zero-order chi connectivity index (χ0) is 14.9. The molecule has 4 rings (SSSR count). The molecule has 2 aromatic heterocycles. The summed E-state index contributed by atoms with van der Waals surface area (Å²) >= 11 is 0. The molecule has 2 heterocycles. The predicted octanol–water partition coefficient (Wildman–Crippen LogP) is 3.83. The topological polar surface area (TPSA) is 38.6 Å². The second-order valence-electron chi connectivity index (χ2n) is 5.86. The maximum absolute atomic E-state index is 5.20. The van der Waals surface area contributed by atoms with Crippen molar-refractivity contribution in [1.29, 1.82) is 0 Å².